The molecule has 6 rings (SSSR count). The van der Waals surface area contributed by atoms with Crippen molar-refractivity contribution in [1.29, 1.82) is 5.26 Å². The number of imidazole rings is 2. The molecule has 176 valence electrons. The Labute approximate surface area is 202 Å². The summed E-state index contributed by atoms with van der Waals surface area (Å²) in [6.45, 7) is 0. The van der Waals surface area contributed by atoms with Gasteiger partial charge in [-0.25, -0.2) is 27.3 Å². The van der Waals surface area contributed by atoms with Gasteiger partial charge in [0, 0.05) is 24.0 Å². The average Bonchev–Trinajstić information content (AvgIpc) is 3.63. The molecule has 4 heterocycles. The molecule has 0 saturated heterocycles. The van der Waals surface area contributed by atoms with Gasteiger partial charge in [0.25, 0.3) is 10.0 Å². The summed E-state index contributed by atoms with van der Waals surface area (Å²) < 4.78 is 30.2. The van der Waals surface area contributed by atoms with E-state index in [1.165, 1.54) is 3.97 Å². The number of nitrogens with one attached hydrogen (secondary N) is 1. The zero-order chi connectivity index (χ0) is 24.0. The van der Waals surface area contributed by atoms with Gasteiger partial charge in [-0.3, -0.25) is 0 Å². The van der Waals surface area contributed by atoms with E-state index in [1.807, 2.05) is 0 Å². The van der Waals surface area contributed by atoms with E-state index in [2.05, 4.69) is 25.6 Å². The molecular weight excluding hydrogens is 462 g/mol. The summed E-state index contributed by atoms with van der Waals surface area (Å²) in [5.41, 5.74) is 2.74. The van der Waals surface area contributed by atoms with Crippen molar-refractivity contribution >= 4 is 32.1 Å². The summed E-state index contributed by atoms with van der Waals surface area (Å²) in [5.74, 6) is 1.18. The van der Waals surface area contributed by atoms with Gasteiger partial charge in [-0.15, -0.1) is 0 Å². The maximum absolute atomic E-state index is 13.4. The van der Waals surface area contributed by atoms with Crippen LogP contribution in [0.5, 0.6) is 0 Å². The Kier molecular flexibility index (Phi) is 5.15. The maximum atomic E-state index is 13.4. The largest absolute Gasteiger partial charge is 0.342 e. The number of hydrogen-bond acceptors (Lipinski definition) is 6. The Hall–Kier alpha value is -3.97. The smallest absolute Gasteiger partial charge is 0.269 e. The average molecular weight is 486 g/mol. The van der Waals surface area contributed by atoms with E-state index >= 15 is 0 Å². The molecule has 0 bridgehead atoms. The van der Waals surface area contributed by atoms with Gasteiger partial charge in [-0.05, 0) is 49.8 Å². The highest BCUT2D eigenvalue weighted by Crippen LogP contribution is 2.40. The first-order chi connectivity index (χ1) is 17.1. The highest BCUT2D eigenvalue weighted by molar-refractivity contribution is 7.90. The lowest BCUT2D eigenvalue weighted by atomic mass is 9.84. The molecule has 5 aromatic rings. The predicted octanol–water partition coefficient (Wildman–Crippen LogP) is 4.66. The molecule has 0 radical (unpaired) electrons. The number of aromatic nitrogens is 6. The maximum Gasteiger partial charge on any atom is 0.269 e. The zero-order valence-electron chi connectivity index (χ0n) is 18.9. The number of fused-ring (bicyclic) bond motifs is 3. The molecule has 35 heavy (non-hydrogen) atoms. The standard InChI is InChI=1S/C25H23N7O2S/c26-12-10-17-6-8-18(9-7-17)32-23-20-11-13-31(35(33,34)19-4-2-1-3-5-19)24(20)28-15-21(23)30-25(32)22-14-27-16-29-22/h1-5,11,13-18H,6-10H2,(H,27,29). The van der Waals surface area contributed by atoms with Crippen LogP contribution in [-0.4, -0.2) is 36.9 Å². The Morgan fingerprint density at radius 2 is 1.89 bits per heavy atom. The van der Waals surface area contributed by atoms with E-state index < -0.39 is 10.0 Å². The number of nitriles is 1. The molecule has 10 heteroatoms. The second-order valence-electron chi connectivity index (χ2n) is 8.97. The molecule has 0 unspecified atom stereocenters. The van der Waals surface area contributed by atoms with E-state index in [4.69, 9.17) is 10.2 Å². The van der Waals surface area contributed by atoms with Crippen LogP contribution < -0.4 is 0 Å². The van der Waals surface area contributed by atoms with Crippen molar-refractivity contribution in [3.63, 3.8) is 0 Å². The van der Waals surface area contributed by atoms with Gasteiger partial charge in [0.1, 0.15) is 11.2 Å². The van der Waals surface area contributed by atoms with Gasteiger partial charge < -0.3 is 9.55 Å². The first-order valence-electron chi connectivity index (χ1n) is 11.6. The molecule has 1 saturated carbocycles. The van der Waals surface area contributed by atoms with Crippen molar-refractivity contribution in [2.75, 3.05) is 0 Å². The molecule has 1 aliphatic rings. The highest BCUT2D eigenvalue weighted by Gasteiger charge is 2.29. The lowest BCUT2D eigenvalue weighted by molar-refractivity contribution is 0.283. The van der Waals surface area contributed by atoms with Gasteiger partial charge in [0.2, 0.25) is 0 Å². The second-order valence-corrected chi connectivity index (χ2v) is 10.8. The molecule has 4 aromatic heterocycles. The lowest BCUT2D eigenvalue weighted by Gasteiger charge is -2.29. The Balaban J connectivity index is 1.54. The van der Waals surface area contributed by atoms with Crippen molar-refractivity contribution in [2.24, 2.45) is 5.92 Å². The molecule has 1 fully saturated rings. The zero-order valence-corrected chi connectivity index (χ0v) is 19.7. The third-order valence-corrected chi connectivity index (χ3v) is 8.61. The summed E-state index contributed by atoms with van der Waals surface area (Å²) in [6, 6.07) is 12.7. The SMILES string of the molecule is N#CCC1CCC(n2c(-c3cnc[nH]3)nc3cnc4c(ccn4S(=O)(=O)c4ccccc4)c32)CC1. The predicted molar refractivity (Wildman–Crippen MR) is 131 cm³/mol. The van der Waals surface area contributed by atoms with E-state index in [-0.39, 0.29) is 10.9 Å². The van der Waals surface area contributed by atoms with Crippen molar-refractivity contribution < 1.29 is 8.42 Å². The van der Waals surface area contributed by atoms with Crippen LogP contribution in [0.1, 0.15) is 38.1 Å². The number of benzene rings is 1. The van der Waals surface area contributed by atoms with Gasteiger partial charge in [0.15, 0.2) is 11.5 Å². The molecule has 9 nitrogen and oxygen atoms in total. The van der Waals surface area contributed by atoms with Gasteiger partial charge in [-0.1, -0.05) is 18.2 Å². The van der Waals surface area contributed by atoms with Crippen LogP contribution in [0.2, 0.25) is 0 Å². The summed E-state index contributed by atoms with van der Waals surface area (Å²) in [4.78, 5) is 17.0. The molecule has 0 amide bonds. The normalized spacial score (nSPS) is 18.7. The topological polar surface area (TPSA) is 122 Å². The third kappa shape index (κ3) is 3.51. The molecule has 0 aliphatic heterocycles. The summed E-state index contributed by atoms with van der Waals surface area (Å²) in [7, 11) is -3.80. The third-order valence-electron chi connectivity index (χ3n) is 6.93. The van der Waals surface area contributed by atoms with Crippen molar-refractivity contribution in [3.8, 4) is 17.6 Å². The summed E-state index contributed by atoms with van der Waals surface area (Å²) in [5, 5.41) is 9.85. The van der Waals surface area contributed by atoms with E-state index in [1.54, 1.807) is 61.3 Å². The first kappa shape index (κ1) is 21.6. The van der Waals surface area contributed by atoms with Crippen LogP contribution in [0, 0.1) is 17.2 Å². The Bertz CT molecular complexity index is 1650. The number of hydrogen-bond donors (Lipinski definition) is 1. The highest BCUT2D eigenvalue weighted by atomic mass is 32.2. The van der Waals surface area contributed by atoms with Gasteiger partial charge in [0.05, 0.1) is 35.2 Å². The first-order valence-corrected chi connectivity index (χ1v) is 13.1. The Morgan fingerprint density at radius 1 is 1.09 bits per heavy atom. The second kappa shape index (κ2) is 8.36. The number of nitrogens with zero attached hydrogens (tertiary/aromatic N) is 6. The summed E-state index contributed by atoms with van der Waals surface area (Å²) in [6.07, 6.45) is 10.9. The number of rotatable bonds is 5. The summed E-state index contributed by atoms with van der Waals surface area (Å²) >= 11 is 0. The molecule has 1 N–H and O–H groups in total. The van der Waals surface area contributed by atoms with Crippen LogP contribution in [-0.2, 0) is 10.0 Å². The molecule has 0 atom stereocenters. The van der Waals surface area contributed by atoms with Gasteiger partial charge in [-0.2, -0.15) is 5.26 Å². The van der Waals surface area contributed by atoms with Crippen LogP contribution in [0.4, 0.5) is 0 Å². The number of pyridine rings is 1. The van der Waals surface area contributed by atoms with Crippen LogP contribution in [0.3, 0.4) is 0 Å². The van der Waals surface area contributed by atoms with Crippen molar-refractivity contribution in [1.82, 2.24) is 28.5 Å². The van der Waals surface area contributed by atoms with Gasteiger partial charge >= 0.3 is 0 Å². The van der Waals surface area contributed by atoms with Crippen molar-refractivity contribution in [3.05, 3.63) is 61.3 Å². The van der Waals surface area contributed by atoms with E-state index in [9.17, 15) is 8.42 Å². The minimum Gasteiger partial charge on any atom is -0.342 e. The Morgan fingerprint density at radius 3 is 2.60 bits per heavy atom. The van der Waals surface area contributed by atoms with Crippen molar-refractivity contribution in [2.45, 2.75) is 43.0 Å². The number of H-pyrrole nitrogens is 1. The minimum atomic E-state index is -3.80. The van der Waals surface area contributed by atoms with E-state index in [0.717, 1.165) is 48.1 Å². The quantitative estimate of drug-likeness (QED) is 0.386. The molecular formula is C25H23N7O2S. The molecule has 1 aliphatic carbocycles. The monoisotopic (exact) mass is 485 g/mol. The van der Waals surface area contributed by atoms with E-state index in [0.29, 0.717) is 23.5 Å². The fourth-order valence-corrected chi connectivity index (χ4v) is 6.53. The fourth-order valence-electron chi connectivity index (χ4n) is 5.21. The fraction of sp³-hybridized carbons (Fsp3) is 0.280. The van der Waals surface area contributed by atoms with Crippen LogP contribution in [0.15, 0.2) is 66.2 Å². The minimum absolute atomic E-state index is 0.174. The van der Waals surface area contributed by atoms with Crippen LogP contribution in [0.25, 0.3) is 33.6 Å². The number of aromatic amines is 1. The molecule has 1 aromatic carbocycles. The van der Waals surface area contributed by atoms with Crippen LogP contribution >= 0.6 is 0 Å². The molecule has 0 spiro atoms. The lowest BCUT2D eigenvalue weighted by Crippen LogP contribution is -2.19.